The third-order valence-electron chi connectivity index (χ3n) is 7.31. The molecule has 2 heterocycles. The van der Waals surface area contributed by atoms with Crippen molar-refractivity contribution in [2.45, 2.75) is 38.3 Å². The highest BCUT2D eigenvalue weighted by molar-refractivity contribution is 6.30. The van der Waals surface area contributed by atoms with E-state index in [2.05, 4.69) is 39.5 Å². The molecule has 0 aliphatic carbocycles. The van der Waals surface area contributed by atoms with E-state index in [1.807, 2.05) is 36.1 Å². The average Bonchev–Trinajstić information content (AvgIpc) is 2.93. The maximum Gasteiger partial charge on any atom is 0.406 e. The molecule has 10 heteroatoms. The van der Waals surface area contributed by atoms with Crippen molar-refractivity contribution in [1.29, 1.82) is 0 Å². The van der Waals surface area contributed by atoms with Crippen LogP contribution in [0, 0.1) is 11.8 Å². The van der Waals surface area contributed by atoms with Crippen LogP contribution in [0.5, 0.6) is 0 Å². The van der Waals surface area contributed by atoms with Gasteiger partial charge in [0, 0.05) is 62.2 Å². The van der Waals surface area contributed by atoms with Gasteiger partial charge in [-0.3, -0.25) is 0 Å². The summed E-state index contributed by atoms with van der Waals surface area (Å²) in [6.45, 7) is 6.89. The first-order chi connectivity index (χ1) is 18.4. The molecular weight excluding hydrogens is 508 g/mol. The molecule has 0 radical (unpaired) electrons. The SMILES string of the molecule is C/C=C\C1COCCC1N(C)CCNC(=O)N1CCC[C@@H](C(OCCNC(=O)OC)c2cccc(Cl)c2)C1. The lowest BCUT2D eigenvalue weighted by Crippen LogP contribution is -2.50. The Balaban J connectivity index is 1.54. The largest absolute Gasteiger partial charge is 0.453 e. The van der Waals surface area contributed by atoms with Crippen LogP contribution in [0.2, 0.25) is 5.02 Å². The van der Waals surface area contributed by atoms with Crippen LogP contribution in [0.25, 0.3) is 0 Å². The Morgan fingerprint density at radius 2 is 2.13 bits per heavy atom. The number of carbonyl (C=O) groups excluding carboxylic acids is 2. The lowest BCUT2D eigenvalue weighted by molar-refractivity contribution is -0.00860. The molecule has 4 atom stereocenters. The minimum atomic E-state index is -0.492. The third-order valence-corrected chi connectivity index (χ3v) is 7.55. The van der Waals surface area contributed by atoms with Crippen LogP contribution in [0.3, 0.4) is 0 Å². The molecule has 38 heavy (non-hydrogen) atoms. The van der Waals surface area contributed by atoms with Crippen molar-refractivity contribution >= 4 is 23.7 Å². The Morgan fingerprint density at radius 3 is 2.89 bits per heavy atom. The van der Waals surface area contributed by atoms with Crippen LogP contribution >= 0.6 is 11.6 Å². The van der Waals surface area contributed by atoms with Gasteiger partial charge in [0.15, 0.2) is 0 Å². The van der Waals surface area contributed by atoms with E-state index in [0.29, 0.717) is 49.8 Å². The minimum absolute atomic E-state index is 0.0442. The maximum absolute atomic E-state index is 13.1. The predicted octanol–water partition coefficient (Wildman–Crippen LogP) is 4.09. The van der Waals surface area contributed by atoms with Gasteiger partial charge in [-0.2, -0.15) is 0 Å². The lowest BCUT2D eigenvalue weighted by Gasteiger charge is -2.38. The number of methoxy groups -OCH3 is 1. The van der Waals surface area contributed by atoms with Crippen LogP contribution in [0.15, 0.2) is 36.4 Å². The molecule has 2 aliphatic rings. The standard InChI is InChI=1S/C28H43ClN4O5/c1-4-7-23-20-37-16-11-25(23)32(2)15-12-30-27(34)33-14-6-9-22(19-33)26(21-8-5-10-24(29)18-21)38-17-13-31-28(35)36-3/h4-5,7-8,10,18,22-23,25-26H,6,9,11-17,19-20H2,1-3H3,(H,30,34)(H,31,35)/b7-4-/t22-,23?,25?,26?/m1/s1. The molecule has 3 rings (SSSR count). The number of alkyl carbamates (subject to hydrolysis) is 1. The van der Waals surface area contributed by atoms with E-state index in [0.717, 1.165) is 44.6 Å². The van der Waals surface area contributed by atoms with Crippen LogP contribution in [-0.4, -0.2) is 94.7 Å². The normalized spacial score (nSPS) is 22.9. The summed E-state index contributed by atoms with van der Waals surface area (Å²) in [5.74, 6) is 0.487. The van der Waals surface area contributed by atoms with Gasteiger partial charge in [-0.05, 0) is 50.9 Å². The number of halogens is 1. The van der Waals surface area contributed by atoms with Crippen molar-refractivity contribution in [1.82, 2.24) is 20.4 Å². The Morgan fingerprint density at radius 1 is 1.29 bits per heavy atom. The molecule has 0 bridgehead atoms. The molecule has 2 N–H and O–H groups in total. The number of likely N-dealkylation sites (tertiary alicyclic amines) is 1. The Hall–Kier alpha value is -2.33. The third kappa shape index (κ3) is 9.15. The fraction of sp³-hybridized carbons (Fsp3) is 0.643. The first kappa shape index (κ1) is 30.2. The number of rotatable bonds is 11. The highest BCUT2D eigenvalue weighted by atomic mass is 35.5. The van der Waals surface area contributed by atoms with E-state index in [9.17, 15) is 9.59 Å². The van der Waals surface area contributed by atoms with Gasteiger partial charge in [-0.1, -0.05) is 35.9 Å². The number of likely N-dealkylation sites (N-methyl/N-ethyl adjacent to an activating group) is 1. The lowest BCUT2D eigenvalue weighted by atomic mass is 9.88. The number of amides is 3. The minimum Gasteiger partial charge on any atom is -0.453 e. The molecule has 2 saturated heterocycles. The predicted molar refractivity (Wildman–Crippen MR) is 148 cm³/mol. The fourth-order valence-electron chi connectivity index (χ4n) is 5.38. The van der Waals surface area contributed by atoms with Crippen LogP contribution in [0.4, 0.5) is 9.59 Å². The summed E-state index contributed by atoms with van der Waals surface area (Å²) in [7, 11) is 3.45. The summed E-state index contributed by atoms with van der Waals surface area (Å²) in [6.07, 6.45) is 6.39. The number of carbonyl (C=O) groups is 2. The highest BCUT2D eigenvalue weighted by Crippen LogP contribution is 2.34. The van der Waals surface area contributed by atoms with E-state index in [4.69, 9.17) is 21.1 Å². The molecule has 212 valence electrons. The van der Waals surface area contributed by atoms with Crippen molar-refractivity contribution in [3.05, 3.63) is 47.0 Å². The second-order valence-corrected chi connectivity index (χ2v) is 10.4. The fourth-order valence-corrected chi connectivity index (χ4v) is 5.58. The number of piperidine rings is 1. The molecule has 2 aliphatic heterocycles. The highest BCUT2D eigenvalue weighted by Gasteiger charge is 2.32. The van der Waals surface area contributed by atoms with E-state index in [1.165, 1.54) is 7.11 Å². The van der Waals surface area contributed by atoms with Gasteiger partial charge in [0.25, 0.3) is 0 Å². The molecule has 2 fully saturated rings. The second-order valence-electron chi connectivity index (χ2n) is 9.95. The molecular formula is C28H43ClN4O5. The monoisotopic (exact) mass is 550 g/mol. The molecule has 1 aromatic rings. The molecule has 0 spiro atoms. The zero-order valence-electron chi connectivity index (χ0n) is 22.9. The average molecular weight is 551 g/mol. The summed E-state index contributed by atoms with van der Waals surface area (Å²) in [4.78, 5) is 28.7. The molecule has 3 amide bonds. The Bertz CT molecular complexity index is 917. The first-order valence-electron chi connectivity index (χ1n) is 13.5. The van der Waals surface area contributed by atoms with Crippen LogP contribution in [0.1, 0.15) is 37.9 Å². The van der Waals surface area contributed by atoms with E-state index in [1.54, 1.807) is 0 Å². The smallest absolute Gasteiger partial charge is 0.406 e. The zero-order valence-corrected chi connectivity index (χ0v) is 23.6. The van der Waals surface area contributed by atoms with Crippen LogP contribution in [-0.2, 0) is 14.2 Å². The first-order valence-corrected chi connectivity index (χ1v) is 13.9. The van der Waals surface area contributed by atoms with Gasteiger partial charge in [0.05, 0.1) is 26.4 Å². The number of hydrogen-bond acceptors (Lipinski definition) is 6. The molecule has 3 unspecified atom stereocenters. The van der Waals surface area contributed by atoms with E-state index < -0.39 is 6.09 Å². The molecule has 0 saturated carbocycles. The number of hydrogen-bond donors (Lipinski definition) is 2. The number of nitrogens with one attached hydrogen (secondary N) is 2. The summed E-state index contributed by atoms with van der Waals surface area (Å²) in [5.41, 5.74) is 0.969. The van der Waals surface area contributed by atoms with Crippen LogP contribution < -0.4 is 10.6 Å². The summed E-state index contributed by atoms with van der Waals surface area (Å²) in [6, 6.07) is 8.02. The van der Waals surface area contributed by atoms with Crippen molar-refractivity contribution < 1.29 is 23.8 Å². The van der Waals surface area contributed by atoms with E-state index >= 15 is 0 Å². The molecule has 1 aromatic carbocycles. The van der Waals surface area contributed by atoms with Gasteiger partial charge in [-0.25, -0.2) is 9.59 Å². The summed E-state index contributed by atoms with van der Waals surface area (Å²) >= 11 is 6.28. The van der Waals surface area contributed by atoms with Crippen molar-refractivity contribution in [2.24, 2.45) is 11.8 Å². The van der Waals surface area contributed by atoms with Crippen molar-refractivity contribution in [2.75, 3.05) is 66.7 Å². The van der Waals surface area contributed by atoms with Gasteiger partial charge in [-0.15, -0.1) is 0 Å². The van der Waals surface area contributed by atoms with E-state index in [-0.39, 0.29) is 18.1 Å². The van der Waals surface area contributed by atoms with Gasteiger partial charge in [0.2, 0.25) is 0 Å². The Kier molecular flexibility index (Phi) is 12.7. The van der Waals surface area contributed by atoms with Crippen molar-refractivity contribution in [3.8, 4) is 0 Å². The van der Waals surface area contributed by atoms with Gasteiger partial charge < -0.3 is 34.6 Å². The number of allylic oxidation sites excluding steroid dienone is 1. The van der Waals surface area contributed by atoms with Crippen molar-refractivity contribution in [3.63, 3.8) is 0 Å². The number of urea groups is 1. The topological polar surface area (TPSA) is 92.4 Å². The number of ether oxygens (including phenoxy) is 3. The number of nitrogens with zero attached hydrogens (tertiary/aromatic N) is 2. The summed E-state index contributed by atoms with van der Waals surface area (Å²) in [5, 5.41) is 6.40. The van der Waals surface area contributed by atoms with Gasteiger partial charge >= 0.3 is 12.1 Å². The quantitative estimate of drug-likeness (QED) is 0.318. The van der Waals surface area contributed by atoms with Gasteiger partial charge in [0.1, 0.15) is 0 Å². The zero-order chi connectivity index (χ0) is 27.3. The molecule has 0 aromatic heterocycles. The maximum atomic E-state index is 13.1. The number of benzene rings is 1. The Labute approximate surface area is 231 Å². The second kappa shape index (κ2) is 15.9. The summed E-state index contributed by atoms with van der Waals surface area (Å²) < 4.78 is 16.5. The molecule has 9 nitrogen and oxygen atoms in total.